The van der Waals surface area contributed by atoms with Crippen LogP contribution >= 0.6 is 0 Å². The fourth-order valence-electron chi connectivity index (χ4n) is 2.43. The van der Waals surface area contributed by atoms with Crippen molar-refractivity contribution < 1.29 is 24.6 Å². The maximum atomic E-state index is 12.6. The van der Waals surface area contributed by atoms with E-state index < -0.39 is 35.1 Å². The first kappa shape index (κ1) is 16.4. The predicted octanol–water partition coefficient (Wildman–Crippen LogP) is 3.14. The number of hydrogen-bond acceptors (Lipinski definition) is 3. The summed E-state index contributed by atoms with van der Waals surface area (Å²) in [7, 11) is 0. The standard InChI is InChI=1S/C18H16O5/c1-11(16(20)21)18(2,17(22)23)10-15(19)14-9-5-7-12-6-3-4-8-13(12)14/h3-9H,1,10H2,2H3,(H,20,21)(H,22,23). The fourth-order valence-corrected chi connectivity index (χ4v) is 2.43. The van der Waals surface area contributed by atoms with Crippen LogP contribution in [-0.2, 0) is 9.59 Å². The number of hydrogen-bond donors (Lipinski definition) is 2. The van der Waals surface area contributed by atoms with E-state index in [0.29, 0.717) is 10.9 Å². The molecule has 0 aromatic heterocycles. The first-order chi connectivity index (χ1) is 10.8. The monoisotopic (exact) mass is 312 g/mol. The van der Waals surface area contributed by atoms with Gasteiger partial charge in [-0.05, 0) is 17.7 Å². The second kappa shape index (κ2) is 6.04. The molecule has 1 unspecified atom stereocenters. The minimum absolute atomic E-state index is 0.369. The molecule has 0 spiro atoms. The van der Waals surface area contributed by atoms with Gasteiger partial charge in [0.25, 0.3) is 0 Å². The number of fused-ring (bicyclic) bond motifs is 1. The first-order valence-electron chi connectivity index (χ1n) is 6.94. The van der Waals surface area contributed by atoms with E-state index in [0.717, 1.165) is 5.39 Å². The summed E-state index contributed by atoms with van der Waals surface area (Å²) in [5, 5.41) is 20.0. The Kier molecular flexibility index (Phi) is 4.31. The number of aliphatic carboxylic acids is 2. The van der Waals surface area contributed by atoms with Crippen molar-refractivity contribution in [2.45, 2.75) is 13.3 Å². The van der Waals surface area contributed by atoms with Gasteiger partial charge < -0.3 is 10.2 Å². The lowest BCUT2D eigenvalue weighted by atomic mass is 9.77. The van der Waals surface area contributed by atoms with E-state index in [1.54, 1.807) is 24.3 Å². The smallest absolute Gasteiger partial charge is 0.332 e. The maximum Gasteiger partial charge on any atom is 0.332 e. The molecule has 118 valence electrons. The molecule has 0 aliphatic carbocycles. The third kappa shape index (κ3) is 2.99. The first-order valence-corrected chi connectivity index (χ1v) is 6.94. The van der Waals surface area contributed by atoms with E-state index in [4.69, 9.17) is 5.11 Å². The number of ketones is 1. The Labute approximate surface area is 132 Å². The molecule has 23 heavy (non-hydrogen) atoms. The molecular weight excluding hydrogens is 296 g/mol. The molecule has 0 fully saturated rings. The zero-order valence-electron chi connectivity index (χ0n) is 12.6. The highest BCUT2D eigenvalue weighted by molar-refractivity contribution is 6.10. The van der Waals surface area contributed by atoms with Crippen LogP contribution in [0.5, 0.6) is 0 Å². The second-order valence-electron chi connectivity index (χ2n) is 5.55. The lowest BCUT2D eigenvalue weighted by Crippen LogP contribution is -2.35. The zero-order valence-corrected chi connectivity index (χ0v) is 12.6. The van der Waals surface area contributed by atoms with E-state index in [1.165, 1.54) is 6.92 Å². The van der Waals surface area contributed by atoms with Gasteiger partial charge in [0.15, 0.2) is 5.78 Å². The average molecular weight is 312 g/mol. The minimum atomic E-state index is -1.86. The van der Waals surface area contributed by atoms with Gasteiger partial charge in [-0.3, -0.25) is 9.59 Å². The summed E-state index contributed by atoms with van der Waals surface area (Å²) in [6.07, 6.45) is -0.471. The topological polar surface area (TPSA) is 91.7 Å². The lowest BCUT2D eigenvalue weighted by Gasteiger charge is -2.24. The average Bonchev–Trinajstić information content (AvgIpc) is 2.52. The van der Waals surface area contributed by atoms with Gasteiger partial charge in [0, 0.05) is 17.6 Å². The van der Waals surface area contributed by atoms with Gasteiger partial charge in [-0.25, -0.2) is 4.79 Å². The van der Waals surface area contributed by atoms with Crippen molar-refractivity contribution in [2.24, 2.45) is 5.41 Å². The van der Waals surface area contributed by atoms with E-state index in [9.17, 15) is 19.5 Å². The molecule has 5 nitrogen and oxygen atoms in total. The highest BCUT2D eigenvalue weighted by Crippen LogP contribution is 2.33. The van der Waals surface area contributed by atoms with Crippen LogP contribution in [0.2, 0.25) is 0 Å². The maximum absolute atomic E-state index is 12.6. The molecule has 0 bridgehead atoms. The molecule has 0 radical (unpaired) electrons. The summed E-state index contributed by atoms with van der Waals surface area (Å²) in [6, 6.07) is 12.4. The normalized spacial score (nSPS) is 13.3. The second-order valence-corrected chi connectivity index (χ2v) is 5.55. The molecule has 0 saturated heterocycles. The van der Waals surface area contributed by atoms with Crippen molar-refractivity contribution in [3.8, 4) is 0 Å². The molecule has 5 heteroatoms. The number of carboxylic acids is 2. The molecule has 2 rings (SSSR count). The Morgan fingerprint density at radius 3 is 2.26 bits per heavy atom. The number of carbonyl (C=O) groups is 3. The summed E-state index contributed by atoms with van der Waals surface area (Å²) in [4.78, 5) is 35.2. The van der Waals surface area contributed by atoms with Crippen molar-refractivity contribution in [3.63, 3.8) is 0 Å². The molecule has 0 amide bonds. The molecule has 0 saturated carbocycles. The quantitative estimate of drug-likeness (QED) is 0.631. The molecule has 1 atom stereocenters. The summed E-state index contributed by atoms with van der Waals surface area (Å²) in [6.45, 7) is 4.53. The number of carbonyl (C=O) groups excluding carboxylic acids is 1. The van der Waals surface area contributed by atoms with Crippen molar-refractivity contribution in [2.75, 3.05) is 0 Å². The van der Waals surface area contributed by atoms with Gasteiger partial charge in [-0.1, -0.05) is 49.0 Å². The van der Waals surface area contributed by atoms with Crippen molar-refractivity contribution >= 4 is 28.5 Å². The van der Waals surface area contributed by atoms with Gasteiger partial charge in [0.05, 0.1) is 0 Å². The Hall–Kier alpha value is -2.95. The molecule has 2 aromatic rings. The molecule has 2 aromatic carbocycles. The third-order valence-corrected chi connectivity index (χ3v) is 4.00. The Bertz CT molecular complexity index is 816. The highest BCUT2D eigenvalue weighted by Gasteiger charge is 2.42. The van der Waals surface area contributed by atoms with Gasteiger partial charge in [0.2, 0.25) is 0 Å². The van der Waals surface area contributed by atoms with Crippen LogP contribution in [0.25, 0.3) is 10.8 Å². The van der Waals surface area contributed by atoms with Gasteiger partial charge in [-0.15, -0.1) is 0 Å². The Morgan fingerprint density at radius 2 is 1.65 bits per heavy atom. The number of Topliss-reactive ketones (excluding diaryl/α,β-unsaturated/α-hetero) is 1. The van der Waals surface area contributed by atoms with Crippen molar-refractivity contribution in [3.05, 3.63) is 60.2 Å². The number of benzene rings is 2. The summed E-state index contributed by atoms with van der Waals surface area (Å²) in [5.74, 6) is -3.26. The molecular formula is C18H16O5. The van der Waals surface area contributed by atoms with Crippen molar-refractivity contribution in [1.82, 2.24) is 0 Å². The summed E-state index contributed by atoms with van der Waals surface area (Å²) < 4.78 is 0. The molecule has 0 aliphatic heterocycles. The van der Waals surface area contributed by atoms with Gasteiger partial charge in [0.1, 0.15) is 5.41 Å². The zero-order chi connectivity index (χ0) is 17.2. The van der Waals surface area contributed by atoms with Crippen LogP contribution in [0.15, 0.2) is 54.6 Å². The molecule has 0 heterocycles. The lowest BCUT2D eigenvalue weighted by molar-refractivity contribution is -0.149. The van der Waals surface area contributed by atoms with Gasteiger partial charge in [-0.2, -0.15) is 0 Å². The third-order valence-electron chi connectivity index (χ3n) is 4.00. The van der Waals surface area contributed by atoms with Crippen LogP contribution in [0.4, 0.5) is 0 Å². The van der Waals surface area contributed by atoms with Crippen LogP contribution in [0.1, 0.15) is 23.7 Å². The fraction of sp³-hybridized carbons (Fsp3) is 0.167. The Balaban J connectivity index is 2.45. The number of rotatable bonds is 6. The van der Waals surface area contributed by atoms with Crippen molar-refractivity contribution in [1.29, 1.82) is 0 Å². The van der Waals surface area contributed by atoms with Crippen LogP contribution < -0.4 is 0 Å². The number of carboxylic acid groups (broad SMARTS) is 2. The van der Waals surface area contributed by atoms with E-state index in [-0.39, 0.29) is 0 Å². The van der Waals surface area contributed by atoms with Crippen LogP contribution in [0, 0.1) is 5.41 Å². The SMILES string of the molecule is C=C(C(=O)O)C(C)(CC(=O)c1cccc2ccccc12)C(=O)O. The van der Waals surface area contributed by atoms with Crippen LogP contribution in [0.3, 0.4) is 0 Å². The summed E-state index contributed by atoms with van der Waals surface area (Å²) in [5.41, 5.74) is -2.01. The van der Waals surface area contributed by atoms with Gasteiger partial charge >= 0.3 is 11.9 Å². The minimum Gasteiger partial charge on any atom is -0.481 e. The van der Waals surface area contributed by atoms with Crippen LogP contribution in [-0.4, -0.2) is 27.9 Å². The Morgan fingerprint density at radius 1 is 1.04 bits per heavy atom. The summed E-state index contributed by atoms with van der Waals surface area (Å²) >= 11 is 0. The van der Waals surface area contributed by atoms with E-state index in [2.05, 4.69) is 6.58 Å². The predicted molar refractivity (Wildman–Crippen MR) is 85.4 cm³/mol. The highest BCUT2D eigenvalue weighted by atomic mass is 16.4. The van der Waals surface area contributed by atoms with E-state index >= 15 is 0 Å². The largest absolute Gasteiger partial charge is 0.481 e. The van der Waals surface area contributed by atoms with E-state index in [1.807, 2.05) is 18.2 Å². The molecule has 0 aliphatic rings. The molecule has 2 N–H and O–H groups in total.